The van der Waals surface area contributed by atoms with Crippen LogP contribution in [-0.4, -0.2) is 22.3 Å². The normalized spacial score (nSPS) is 12.4. The molecule has 102 valence electrons. The van der Waals surface area contributed by atoms with Crippen molar-refractivity contribution in [3.05, 3.63) is 42.2 Å². The largest absolute Gasteiger partial charge is 0.377 e. The average molecular weight is 259 g/mol. The van der Waals surface area contributed by atoms with Crippen LogP contribution in [-0.2, 0) is 11.3 Å². The lowest BCUT2D eigenvalue weighted by Gasteiger charge is -2.15. The summed E-state index contributed by atoms with van der Waals surface area (Å²) in [7, 11) is 0. The Morgan fingerprint density at radius 1 is 1.32 bits per heavy atom. The first-order valence-electron chi connectivity index (χ1n) is 6.66. The lowest BCUT2D eigenvalue weighted by atomic mass is 10.3. The summed E-state index contributed by atoms with van der Waals surface area (Å²) < 4.78 is 7.68. The van der Waals surface area contributed by atoms with Crippen LogP contribution in [0, 0.1) is 6.92 Å². The minimum Gasteiger partial charge on any atom is -0.377 e. The average Bonchev–Trinajstić information content (AvgIpc) is 2.71. The monoisotopic (exact) mass is 259 g/mol. The maximum Gasteiger partial charge on any atom is 0.207 e. The predicted molar refractivity (Wildman–Crippen MR) is 77.8 cm³/mol. The van der Waals surface area contributed by atoms with Crippen molar-refractivity contribution in [3.63, 3.8) is 0 Å². The van der Waals surface area contributed by atoms with Gasteiger partial charge in [-0.25, -0.2) is 4.98 Å². The number of nitrogens with zero attached hydrogens (tertiary/aromatic N) is 2. The summed E-state index contributed by atoms with van der Waals surface area (Å²) in [5, 5.41) is 3.34. The van der Waals surface area contributed by atoms with Crippen LogP contribution < -0.4 is 5.32 Å². The molecule has 0 fully saturated rings. The van der Waals surface area contributed by atoms with Gasteiger partial charge in [-0.15, -0.1) is 0 Å². The first-order chi connectivity index (χ1) is 9.19. The number of hydrogen-bond acceptors (Lipinski definition) is 3. The summed E-state index contributed by atoms with van der Waals surface area (Å²) in [6, 6.07) is 10.1. The third-order valence-corrected chi connectivity index (χ3v) is 2.83. The first kappa shape index (κ1) is 13.6. The number of para-hydroxylation sites is 1. The second-order valence-electron chi connectivity index (χ2n) is 4.62. The van der Waals surface area contributed by atoms with Crippen LogP contribution in [0.2, 0.25) is 0 Å². The molecule has 0 saturated carbocycles. The van der Waals surface area contributed by atoms with E-state index in [0.29, 0.717) is 0 Å². The standard InChI is InChI=1S/C15H21N3O/c1-4-19-13(3)11-18-10-12(2)16-15(18)17-14-8-6-5-7-9-14/h5-10,13H,4,11H2,1-3H3,(H,16,17). The lowest BCUT2D eigenvalue weighted by molar-refractivity contribution is 0.0644. The van der Waals surface area contributed by atoms with Gasteiger partial charge in [-0.1, -0.05) is 18.2 Å². The van der Waals surface area contributed by atoms with Gasteiger partial charge in [0.1, 0.15) is 0 Å². The topological polar surface area (TPSA) is 39.1 Å². The number of hydrogen-bond donors (Lipinski definition) is 1. The lowest BCUT2D eigenvalue weighted by Crippen LogP contribution is -2.17. The second kappa shape index (κ2) is 6.38. The molecule has 1 aromatic carbocycles. The van der Waals surface area contributed by atoms with Crippen LogP contribution in [0.4, 0.5) is 11.6 Å². The highest BCUT2D eigenvalue weighted by Crippen LogP contribution is 2.16. The molecule has 4 nitrogen and oxygen atoms in total. The maximum atomic E-state index is 5.58. The molecule has 0 aliphatic carbocycles. The van der Waals surface area contributed by atoms with Gasteiger partial charge in [0.25, 0.3) is 0 Å². The molecule has 0 saturated heterocycles. The van der Waals surface area contributed by atoms with E-state index < -0.39 is 0 Å². The summed E-state index contributed by atoms with van der Waals surface area (Å²) >= 11 is 0. The molecule has 0 spiro atoms. The van der Waals surface area contributed by atoms with E-state index in [1.807, 2.05) is 50.4 Å². The minimum absolute atomic E-state index is 0.176. The van der Waals surface area contributed by atoms with Gasteiger partial charge in [0.15, 0.2) is 0 Å². The molecule has 0 radical (unpaired) electrons. The molecule has 0 aliphatic rings. The van der Waals surface area contributed by atoms with Crippen molar-refractivity contribution in [2.24, 2.45) is 0 Å². The van der Waals surface area contributed by atoms with Crippen LogP contribution >= 0.6 is 0 Å². The smallest absolute Gasteiger partial charge is 0.207 e. The van der Waals surface area contributed by atoms with Gasteiger partial charge in [0.05, 0.1) is 18.3 Å². The van der Waals surface area contributed by atoms with Crippen molar-refractivity contribution < 1.29 is 4.74 Å². The number of ether oxygens (including phenoxy) is 1. The molecule has 1 heterocycles. The van der Waals surface area contributed by atoms with E-state index in [9.17, 15) is 0 Å². The zero-order chi connectivity index (χ0) is 13.7. The van der Waals surface area contributed by atoms with Crippen molar-refractivity contribution in [2.45, 2.75) is 33.4 Å². The van der Waals surface area contributed by atoms with Crippen LogP contribution in [0.3, 0.4) is 0 Å². The highest BCUT2D eigenvalue weighted by molar-refractivity contribution is 5.53. The molecule has 0 aliphatic heterocycles. The zero-order valence-electron chi connectivity index (χ0n) is 11.8. The Kier molecular flexibility index (Phi) is 4.58. The van der Waals surface area contributed by atoms with Crippen molar-refractivity contribution >= 4 is 11.6 Å². The van der Waals surface area contributed by atoms with Crippen molar-refractivity contribution in [1.82, 2.24) is 9.55 Å². The fourth-order valence-electron chi connectivity index (χ4n) is 2.05. The first-order valence-corrected chi connectivity index (χ1v) is 6.66. The SMILES string of the molecule is CCOC(C)Cn1cc(C)nc1Nc1ccccc1. The molecule has 4 heteroatoms. The van der Waals surface area contributed by atoms with Crippen LogP contribution in [0.25, 0.3) is 0 Å². The van der Waals surface area contributed by atoms with Crippen molar-refractivity contribution in [1.29, 1.82) is 0 Å². The number of benzene rings is 1. The Morgan fingerprint density at radius 2 is 2.05 bits per heavy atom. The van der Waals surface area contributed by atoms with Gasteiger partial charge in [0, 0.05) is 18.5 Å². The summed E-state index contributed by atoms with van der Waals surface area (Å²) in [6.07, 6.45) is 2.22. The zero-order valence-corrected chi connectivity index (χ0v) is 11.8. The molecular weight excluding hydrogens is 238 g/mol. The summed E-state index contributed by atoms with van der Waals surface area (Å²) in [5.74, 6) is 0.857. The summed E-state index contributed by atoms with van der Waals surface area (Å²) in [4.78, 5) is 4.52. The molecule has 0 amide bonds. The quantitative estimate of drug-likeness (QED) is 0.864. The van der Waals surface area contributed by atoms with Gasteiger partial charge < -0.3 is 14.6 Å². The van der Waals surface area contributed by atoms with E-state index in [1.165, 1.54) is 0 Å². The third kappa shape index (κ3) is 3.83. The van der Waals surface area contributed by atoms with E-state index in [0.717, 1.165) is 30.5 Å². The highest BCUT2D eigenvalue weighted by atomic mass is 16.5. The fraction of sp³-hybridized carbons (Fsp3) is 0.400. The third-order valence-electron chi connectivity index (χ3n) is 2.83. The van der Waals surface area contributed by atoms with Crippen molar-refractivity contribution in [2.75, 3.05) is 11.9 Å². The maximum absolute atomic E-state index is 5.58. The molecule has 0 bridgehead atoms. The Hall–Kier alpha value is -1.81. The minimum atomic E-state index is 0.176. The molecule has 1 unspecified atom stereocenters. The van der Waals surface area contributed by atoms with E-state index in [1.54, 1.807) is 0 Å². The number of imidazole rings is 1. The van der Waals surface area contributed by atoms with E-state index in [-0.39, 0.29) is 6.10 Å². The predicted octanol–water partition coefficient (Wildman–Crippen LogP) is 3.36. The second-order valence-corrected chi connectivity index (χ2v) is 4.62. The Morgan fingerprint density at radius 3 is 2.74 bits per heavy atom. The van der Waals surface area contributed by atoms with E-state index >= 15 is 0 Å². The molecule has 19 heavy (non-hydrogen) atoms. The molecule has 2 rings (SSSR count). The van der Waals surface area contributed by atoms with Gasteiger partial charge in [-0.05, 0) is 32.9 Å². The van der Waals surface area contributed by atoms with Crippen LogP contribution in [0.1, 0.15) is 19.5 Å². The molecule has 1 N–H and O–H groups in total. The summed E-state index contributed by atoms with van der Waals surface area (Å²) in [6.45, 7) is 7.61. The van der Waals surface area contributed by atoms with E-state index in [2.05, 4.69) is 21.8 Å². The van der Waals surface area contributed by atoms with Crippen molar-refractivity contribution in [3.8, 4) is 0 Å². The molecular formula is C15H21N3O. The summed E-state index contributed by atoms with van der Waals surface area (Å²) in [5.41, 5.74) is 2.04. The molecule has 1 atom stereocenters. The van der Waals surface area contributed by atoms with E-state index in [4.69, 9.17) is 4.74 Å². The fourth-order valence-corrected chi connectivity index (χ4v) is 2.05. The number of anilines is 2. The number of aryl methyl sites for hydroxylation is 1. The van der Waals surface area contributed by atoms with Gasteiger partial charge in [0.2, 0.25) is 5.95 Å². The highest BCUT2D eigenvalue weighted by Gasteiger charge is 2.09. The van der Waals surface area contributed by atoms with Gasteiger partial charge in [-0.2, -0.15) is 0 Å². The van der Waals surface area contributed by atoms with Gasteiger partial charge >= 0.3 is 0 Å². The van der Waals surface area contributed by atoms with Gasteiger partial charge in [-0.3, -0.25) is 0 Å². The Bertz CT molecular complexity index is 507. The Labute approximate surface area is 114 Å². The number of nitrogens with one attached hydrogen (secondary N) is 1. The van der Waals surface area contributed by atoms with Crippen LogP contribution in [0.15, 0.2) is 36.5 Å². The Balaban J connectivity index is 2.12. The molecule has 2 aromatic rings. The number of aromatic nitrogens is 2. The number of rotatable bonds is 6. The molecule has 1 aromatic heterocycles. The van der Waals surface area contributed by atoms with Crippen LogP contribution in [0.5, 0.6) is 0 Å².